The summed E-state index contributed by atoms with van der Waals surface area (Å²) in [4.78, 5) is 0. The van der Waals surface area contributed by atoms with Gasteiger partial charge in [-0.3, -0.25) is 0 Å². The summed E-state index contributed by atoms with van der Waals surface area (Å²) in [5, 5.41) is 21.2. The Balaban J connectivity index is 4.76. The molecule has 7 nitrogen and oxygen atoms in total. The first kappa shape index (κ1) is 22.7. The molecule has 0 spiro atoms. The maximum Gasteiger partial charge on any atom is 0.240 e. The molecule has 0 saturated heterocycles. The molecule has 0 saturated carbocycles. The third kappa shape index (κ3) is 11.0. The van der Waals surface area contributed by atoms with E-state index in [0.717, 1.165) is 0 Å². The summed E-state index contributed by atoms with van der Waals surface area (Å²) < 4.78 is 17.6. The largest absolute Gasteiger partial charge is 0.370 e. The number of hydrogen-bond donors (Lipinski definition) is 2. The van der Waals surface area contributed by atoms with Crippen LogP contribution in [0.3, 0.4) is 0 Å². The summed E-state index contributed by atoms with van der Waals surface area (Å²) in [6.07, 6.45) is 0. The normalized spacial score (nSPS) is 18.5. The Bertz CT molecular complexity index is 308. The highest BCUT2D eigenvalue weighted by Crippen LogP contribution is 2.16. The maximum absolute atomic E-state index is 10.6. The monoisotopic (exact) mass is 338 g/mol. The van der Waals surface area contributed by atoms with Crippen molar-refractivity contribution in [3.63, 3.8) is 0 Å². The fourth-order valence-electron chi connectivity index (χ4n) is 2.66. The minimum atomic E-state index is -1.39. The van der Waals surface area contributed by atoms with Crippen molar-refractivity contribution in [2.24, 2.45) is 0 Å². The second kappa shape index (κ2) is 8.71. The van der Waals surface area contributed by atoms with Crippen molar-refractivity contribution in [3.8, 4) is 0 Å². The fraction of sp³-hybridized carbons (Fsp3) is 1.00. The van der Waals surface area contributed by atoms with E-state index < -0.39 is 11.6 Å². The van der Waals surface area contributed by atoms with E-state index in [2.05, 4.69) is 0 Å². The van der Waals surface area contributed by atoms with Gasteiger partial charge in [-0.1, -0.05) is 0 Å². The molecule has 0 fully saturated rings. The first-order valence-electron chi connectivity index (χ1n) is 8.15. The molecule has 140 valence electrons. The van der Waals surface area contributed by atoms with E-state index in [-0.39, 0.29) is 13.2 Å². The van der Waals surface area contributed by atoms with Crippen molar-refractivity contribution in [3.05, 3.63) is 0 Å². The van der Waals surface area contributed by atoms with Crippen LogP contribution in [0.4, 0.5) is 0 Å². The number of likely N-dealkylation sites (N-methyl/N-ethyl adjacent to an activating group) is 2. The number of rotatable bonds is 12. The van der Waals surface area contributed by atoms with Crippen LogP contribution in [-0.2, 0) is 14.2 Å². The van der Waals surface area contributed by atoms with Crippen molar-refractivity contribution in [1.82, 2.24) is 0 Å². The Hall–Kier alpha value is -0.280. The second-order valence-electron chi connectivity index (χ2n) is 8.15. The van der Waals surface area contributed by atoms with Gasteiger partial charge in [-0.25, -0.2) is 0 Å². The van der Waals surface area contributed by atoms with Gasteiger partial charge in [0.25, 0.3) is 0 Å². The average molecular weight is 338 g/mol. The molecule has 7 heteroatoms. The van der Waals surface area contributed by atoms with Crippen LogP contribution in [0.1, 0.15) is 13.8 Å². The van der Waals surface area contributed by atoms with Gasteiger partial charge in [0, 0.05) is 13.2 Å². The Morgan fingerprint density at radius 3 is 1.22 bits per heavy atom. The number of ether oxygens (including phenoxy) is 3. The molecule has 2 atom stereocenters. The Morgan fingerprint density at radius 2 is 1.00 bits per heavy atom. The number of quaternary nitrogens is 2. The van der Waals surface area contributed by atoms with Crippen LogP contribution in [0.2, 0.25) is 0 Å². The number of nitrogens with zero attached hydrogens (tertiary/aromatic N) is 2. The zero-order chi connectivity index (χ0) is 18.4. The van der Waals surface area contributed by atoms with E-state index in [1.165, 1.54) is 0 Å². The maximum atomic E-state index is 10.6. The van der Waals surface area contributed by atoms with Crippen LogP contribution in [0.5, 0.6) is 0 Å². The van der Waals surface area contributed by atoms with E-state index >= 15 is 0 Å². The molecule has 2 unspecified atom stereocenters. The van der Waals surface area contributed by atoms with Crippen molar-refractivity contribution < 1.29 is 33.4 Å². The van der Waals surface area contributed by atoms with Crippen LogP contribution in [0.15, 0.2) is 0 Å². The molecule has 0 amide bonds. The molecule has 23 heavy (non-hydrogen) atoms. The van der Waals surface area contributed by atoms with Crippen LogP contribution >= 0.6 is 0 Å². The lowest BCUT2D eigenvalue weighted by molar-refractivity contribution is -0.882. The SMILES string of the molecule is CCOC(O)(COCC(O)(C[N+](C)(C)C)OCC)C[N+](C)(C)C. The predicted molar refractivity (Wildman–Crippen MR) is 89.8 cm³/mol. The molecule has 0 aliphatic heterocycles. The van der Waals surface area contributed by atoms with Crippen LogP contribution in [0, 0.1) is 0 Å². The average Bonchev–Trinajstić information content (AvgIpc) is 2.23. The van der Waals surface area contributed by atoms with Gasteiger partial charge in [0.2, 0.25) is 11.6 Å². The van der Waals surface area contributed by atoms with Crippen LogP contribution in [-0.4, -0.2) is 113 Å². The quantitative estimate of drug-likeness (QED) is 0.383. The Kier molecular flexibility index (Phi) is 8.60. The fourth-order valence-corrected chi connectivity index (χ4v) is 2.66. The summed E-state index contributed by atoms with van der Waals surface area (Å²) in [6.45, 7) is 5.13. The molecule has 0 aliphatic rings. The molecule has 0 aromatic rings. The molecular formula is C16H38N2O5+2. The Morgan fingerprint density at radius 1 is 0.696 bits per heavy atom. The van der Waals surface area contributed by atoms with Gasteiger partial charge in [0.1, 0.15) is 26.3 Å². The standard InChI is InChI=1S/C16H38N2O5/c1-9-22-15(19,11-17(3,4)5)13-21-14-16(20,23-10-2)12-18(6,7)8/h19-20H,9-14H2,1-8H3/q+2. The molecule has 0 bridgehead atoms. The lowest BCUT2D eigenvalue weighted by Crippen LogP contribution is -2.56. The first-order valence-corrected chi connectivity index (χ1v) is 8.15. The summed E-state index contributed by atoms with van der Waals surface area (Å²) >= 11 is 0. The number of aliphatic hydroxyl groups is 2. The highest BCUT2D eigenvalue weighted by Gasteiger charge is 2.39. The summed E-state index contributed by atoms with van der Waals surface area (Å²) in [5.74, 6) is -2.78. The molecule has 0 aromatic carbocycles. The molecule has 0 rings (SSSR count). The third-order valence-electron chi connectivity index (χ3n) is 2.92. The van der Waals surface area contributed by atoms with E-state index in [1.807, 2.05) is 56.1 Å². The predicted octanol–water partition coefficient (Wildman–Crippen LogP) is -0.134. The molecule has 0 heterocycles. The smallest absolute Gasteiger partial charge is 0.240 e. The van der Waals surface area contributed by atoms with E-state index in [4.69, 9.17) is 14.2 Å². The van der Waals surface area contributed by atoms with Crippen molar-refractivity contribution in [2.45, 2.75) is 25.4 Å². The van der Waals surface area contributed by atoms with Crippen molar-refractivity contribution in [1.29, 1.82) is 0 Å². The van der Waals surface area contributed by atoms with Gasteiger partial charge >= 0.3 is 0 Å². The summed E-state index contributed by atoms with van der Waals surface area (Å²) in [7, 11) is 11.8. The van der Waals surface area contributed by atoms with Gasteiger partial charge in [-0.2, -0.15) is 0 Å². The van der Waals surface area contributed by atoms with Crippen LogP contribution in [0.25, 0.3) is 0 Å². The van der Waals surface area contributed by atoms with Crippen LogP contribution < -0.4 is 0 Å². The highest BCUT2D eigenvalue weighted by molar-refractivity contribution is 4.70. The topological polar surface area (TPSA) is 68.2 Å². The molecular weight excluding hydrogens is 300 g/mol. The lowest BCUT2D eigenvalue weighted by atomic mass is 10.2. The second-order valence-corrected chi connectivity index (χ2v) is 8.15. The molecule has 0 aromatic heterocycles. The third-order valence-corrected chi connectivity index (χ3v) is 2.92. The van der Waals surface area contributed by atoms with Gasteiger partial charge < -0.3 is 33.4 Å². The van der Waals surface area contributed by atoms with E-state index in [0.29, 0.717) is 35.3 Å². The first-order chi connectivity index (χ1) is 10.2. The van der Waals surface area contributed by atoms with Gasteiger partial charge in [-0.05, 0) is 13.8 Å². The molecule has 0 aliphatic carbocycles. The zero-order valence-corrected chi connectivity index (χ0v) is 16.3. The van der Waals surface area contributed by atoms with Crippen molar-refractivity contribution >= 4 is 0 Å². The molecule has 2 N–H and O–H groups in total. The van der Waals surface area contributed by atoms with E-state index in [9.17, 15) is 10.2 Å². The van der Waals surface area contributed by atoms with Gasteiger partial charge in [0.05, 0.1) is 42.3 Å². The lowest BCUT2D eigenvalue weighted by Gasteiger charge is -2.37. The molecule has 0 radical (unpaired) electrons. The van der Waals surface area contributed by atoms with Gasteiger partial charge in [-0.15, -0.1) is 0 Å². The van der Waals surface area contributed by atoms with Crippen molar-refractivity contribution in [2.75, 3.05) is 81.8 Å². The van der Waals surface area contributed by atoms with Gasteiger partial charge in [0.15, 0.2) is 0 Å². The number of hydrogen-bond acceptors (Lipinski definition) is 5. The highest BCUT2D eigenvalue weighted by atomic mass is 16.7. The minimum Gasteiger partial charge on any atom is -0.370 e. The Labute approximate surface area is 141 Å². The summed E-state index contributed by atoms with van der Waals surface area (Å²) in [6, 6.07) is 0. The summed E-state index contributed by atoms with van der Waals surface area (Å²) in [5.41, 5.74) is 0. The van der Waals surface area contributed by atoms with E-state index in [1.54, 1.807) is 0 Å². The minimum absolute atomic E-state index is 0.0249. The zero-order valence-electron chi connectivity index (χ0n) is 16.3.